The van der Waals surface area contributed by atoms with Crippen LogP contribution in [-0.4, -0.2) is 24.1 Å². The van der Waals surface area contributed by atoms with Gasteiger partial charge in [-0.25, -0.2) is 4.98 Å². The second-order valence-corrected chi connectivity index (χ2v) is 12.1. The van der Waals surface area contributed by atoms with Crippen LogP contribution in [0.3, 0.4) is 0 Å². The number of nitrogens with zero attached hydrogens (tertiary/aromatic N) is 5. The van der Waals surface area contributed by atoms with Crippen molar-refractivity contribution < 1.29 is 0 Å². The number of pyridine rings is 3. The zero-order valence-electron chi connectivity index (χ0n) is 25.8. The van der Waals surface area contributed by atoms with Gasteiger partial charge in [0.05, 0.1) is 50.5 Å². The van der Waals surface area contributed by atoms with Crippen LogP contribution in [0, 0.1) is 0 Å². The maximum absolute atomic E-state index is 5.13. The predicted octanol–water partition coefficient (Wildman–Crippen LogP) is 10.6. The Morgan fingerprint density at radius 1 is 0.354 bits per heavy atom. The lowest BCUT2D eigenvalue weighted by Gasteiger charge is -2.15. The van der Waals surface area contributed by atoms with Crippen LogP contribution in [0.5, 0.6) is 0 Å². The molecule has 0 fully saturated rings. The maximum Gasteiger partial charge on any atom is 0.0915 e. The van der Waals surface area contributed by atoms with Crippen LogP contribution in [0.25, 0.3) is 88.5 Å². The molecule has 0 saturated carbocycles. The first kappa shape index (κ1) is 26.6. The van der Waals surface area contributed by atoms with E-state index < -0.39 is 0 Å². The van der Waals surface area contributed by atoms with E-state index in [-0.39, 0.29) is 0 Å². The van der Waals surface area contributed by atoms with Gasteiger partial charge < -0.3 is 9.13 Å². The largest absolute Gasteiger partial charge is 0.307 e. The summed E-state index contributed by atoms with van der Waals surface area (Å²) in [4.78, 5) is 14.6. The lowest BCUT2D eigenvalue weighted by atomic mass is 9.97. The van der Waals surface area contributed by atoms with Crippen molar-refractivity contribution in [2.75, 3.05) is 0 Å². The molecule has 10 rings (SSSR count). The van der Waals surface area contributed by atoms with Crippen LogP contribution in [0.1, 0.15) is 0 Å². The van der Waals surface area contributed by atoms with Crippen LogP contribution in [0.15, 0.2) is 164 Å². The summed E-state index contributed by atoms with van der Waals surface area (Å²) in [5, 5.41) is 7.27. The molecule has 0 unspecified atom stereocenters. The highest BCUT2D eigenvalue weighted by molar-refractivity contribution is 6.34. The molecule has 0 saturated heterocycles. The van der Waals surface area contributed by atoms with Crippen LogP contribution >= 0.6 is 0 Å². The molecule has 0 bridgehead atoms. The van der Waals surface area contributed by atoms with Crippen LogP contribution in [0.2, 0.25) is 0 Å². The van der Waals surface area contributed by atoms with Crippen molar-refractivity contribution in [2.24, 2.45) is 0 Å². The Kier molecular flexibility index (Phi) is 5.81. The summed E-state index contributed by atoms with van der Waals surface area (Å²) < 4.78 is 4.90. The molecule has 5 nitrogen and oxygen atoms in total. The molecule has 5 aromatic carbocycles. The first-order chi connectivity index (χ1) is 23.8. The Bertz CT molecular complexity index is 2760. The Balaban J connectivity index is 1.48. The third kappa shape index (κ3) is 3.88. The van der Waals surface area contributed by atoms with Crippen LogP contribution < -0.4 is 0 Å². The Morgan fingerprint density at radius 3 is 1.54 bits per heavy atom. The number of aromatic nitrogens is 5. The number of rotatable bonds is 4. The quantitative estimate of drug-likeness (QED) is 0.186. The zero-order valence-corrected chi connectivity index (χ0v) is 25.8. The van der Waals surface area contributed by atoms with E-state index in [1.165, 1.54) is 37.8 Å². The molecule has 0 N–H and O–H groups in total. The summed E-state index contributed by atoms with van der Waals surface area (Å²) in [6, 6.07) is 53.3. The van der Waals surface area contributed by atoms with E-state index in [1.54, 1.807) is 0 Å². The van der Waals surface area contributed by atoms with E-state index in [0.717, 1.165) is 50.7 Å². The molecule has 48 heavy (non-hydrogen) atoms. The Hall–Kier alpha value is -6.59. The van der Waals surface area contributed by atoms with Gasteiger partial charge in [0.1, 0.15) is 0 Å². The SMILES string of the molecule is c1ccc(-n2c3ccccc3c3c2c2c4ccccc4c4ccccc4c2n3-c2cc(-c3ccccn3)nc(-c3ccccn3)c2)cc1. The molecule has 10 aromatic rings. The molecule has 0 radical (unpaired) electrons. The summed E-state index contributed by atoms with van der Waals surface area (Å²) in [6.07, 6.45) is 3.64. The summed E-state index contributed by atoms with van der Waals surface area (Å²) in [6.45, 7) is 0. The van der Waals surface area contributed by atoms with E-state index in [4.69, 9.17) is 15.0 Å². The highest BCUT2D eigenvalue weighted by Crippen LogP contribution is 2.47. The fourth-order valence-electron chi connectivity index (χ4n) is 7.43. The minimum Gasteiger partial charge on any atom is -0.307 e. The molecule has 0 aliphatic rings. The van der Waals surface area contributed by atoms with E-state index in [1.807, 2.05) is 48.8 Å². The second-order valence-electron chi connectivity index (χ2n) is 12.1. The number of para-hydroxylation sites is 2. The highest BCUT2D eigenvalue weighted by Gasteiger charge is 2.26. The third-order valence-corrected chi connectivity index (χ3v) is 9.37. The predicted molar refractivity (Wildman–Crippen MR) is 197 cm³/mol. The molecule has 5 heteroatoms. The first-order valence-electron chi connectivity index (χ1n) is 16.1. The van der Waals surface area contributed by atoms with Gasteiger partial charge in [0.15, 0.2) is 0 Å². The molecule has 0 aliphatic heterocycles. The normalized spacial score (nSPS) is 11.8. The van der Waals surface area contributed by atoms with Crippen molar-refractivity contribution in [3.8, 4) is 34.2 Å². The molecule has 0 spiro atoms. The van der Waals surface area contributed by atoms with E-state index >= 15 is 0 Å². The molecular weight excluding hydrogens is 587 g/mol. The molecular formula is C43H27N5. The Labute approximate surface area is 276 Å². The van der Waals surface area contributed by atoms with E-state index in [2.05, 4.69) is 124 Å². The van der Waals surface area contributed by atoms with Gasteiger partial charge in [0.25, 0.3) is 0 Å². The topological polar surface area (TPSA) is 48.5 Å². The van der Waals surface area contributed by atoms with Crippen LogP contribution in [-0.2, 0) is 0 Å². The van der Waals surface area contributed by atoms with Gasteiger partial charge in [-0.1, -0.05) is 97.1 Å². The fourth-order valence-corrected chi connectivity index (χ4v) is 7.43. The van der Waals surface area contributed by atoms with Gasteiger partial charge in [-0.2, -0.15) is 0 Å². The standard InChI is InChI=1S/C43H27N5/c1-2-14-28(15-3-1)47-39-23-9-8-20-34(39)42-43(47)40-32-18-6-4-16-30(32)31-17-5-7-19-33(31)41(40)48(42)29-26-37(35-21-10-12-24-44-35)46-38(27-29)36-22-11-13-25-45-36/h1-27H. The van der Waals surface area contributed by atoms with E-state index in [9.17, 15) is 0 Å². The number of hydrogen-bond acceptors (Lipinski definition) is 3. The molecule has 0 aliphatic carbocycles. The minimum atomic E-state index is 0.792. The van der Waals surface area contributed by atoms with Gasteiger partial charge in [0.2, 0.25) is 0 Å². The number of benzene rings is 5. The van der Waals surface area contributed by atoms with Crippen molar-refractivity contribution in [1.29, 1.82) is 0 Å². The highest BCUT2D eigenvalue weighted by atomic mass is 15.1. The lowest BCUT2D eigenvalue weighted by Crippen LogP contribution is -2.00. The van der Waals surface area contributed by atoms with Gasteiger partial charge >= 0.3 is 0 Å². The minimum absolute atomic E-state index is 0.792. The van der Waals surface area contributed by atoms with E-state index in [0.29, 0.717) is 0 Å². The van der Waals surface area contributed by atoms with Crippen molar-refractivity contribution in [3.05, 3.63) is 164 Å². The van der Waals surface area contributed by atoms with Gasteiger partial charge in [-0.3, -0.25) is 9.97 Å². The zero-order chi connectivity index (χ0) is 31.6. The smallest absolute Gasteiger partial charge is 0.0915 e. The average molecular weight is 614 g/mol. The molecule has 0 atom stereocenters. The summed E-state index contributed by atoms with van der Waals surface area (Å²) in [5.74, 6) is 0. The summed E-state index contributed by atoms with van der Waals surface area (Å²) >= 11 is 0. The van der Waals surface area contributed by atoms with Crippen molar-refractivity contribution in [3.63, 3.8) is 0 Å². The molecule has 5 heterocycles. The monoisotopic (exact) mass is 613 g/mol. The molecule has 0 amide bonds. The summed E-state index contributed by atoms with van der Waals surface area (Å²) in [7, 11) is 0. The average Bonchev–Trinajstić information content (AvgIpc) is 3.69. The van der Waals surface area contributed by atoms with Crippen molar-refractivity contribution in [1.82, 2.24) is 24.1 Å². The maximum atomic E-state index is 5.13. The lowest BCUT2D eigenvalue weighted by molar-refractivity contribution is 1.15. The third-order valence-electron chi connectivity index (χ3n) is 9.37. The number of hydrogen-bond donors (Lipinski definition) is 0. The van der Waals surface area contributed by atoms with Crippen molar-refractivity contribution >= 4 is 54.4 Å². The number of fused-ring (bicyclic) bond motifs is 10. The van der Waals surface area contributed by atoms with Crippen LogP contribution in [0.4, 0.5) is 0 Å². The van der Waals surface area contributed by atoms with Gasteiger partial charge in [-0.05, 0) is 70.8 Å². The summed E-state index contributed by atoms with van der Waals surface area (Å²) in [5.41, 5.74) is 9.98. The van der Waals surface area contributed by atoms with Gasteiger partial charge in [-0.15, -0.1) is 0 Å². The molecule has 5 aromatic heterocycles. The Morgan fingerprint density at radius 2 is 0.896 bits per heavy atom. The first-order valence-corrected chi connectivity index (χ1v) is 16.1. The van der Waals surface area contributed by atoms with Crippen molar-refractivity contribution in [2.45, 2.75) is 0 Å². The second kappa shape index (κ2) is 10.5. The van der Waals surface area contributed by atoms with Gasteiger partial charge in [0, 0.05) is 34.2 Å². The molecule has 224 valence electrons. The fraction of sp³-hybridized carbons (Fsp3) is 0.